The van der Waals surface area contributed by atoms with Crippen molar-refractivity contribution in [3.63, 3.8) is 0 Å². The second kappa shape index (κ2) is 7.91. The highest BCUT2D eigenvalue weighted by molar-refractivity contribution is 5.98. The predicted molar refractivity (Wildman–Crippen MR) is 88.6 cm³/mol. The lowest BCUT2D eigenvalue weighted by molar-refractivity contribution is -0.384. The second-order valence-electron chi connectivity index (χ2n) is 5.05. The molecule has 8 nitrogen and oxygen atoms in total. The zero-order valence-corrected chi connectivity index (χ0v) is 13.6. The summed E-state index contributed by atoms with van der Waals surface area (Å²) in [5.74, 6) is -0.655. The van der Waals surface area contributed by atoms with E-state index in [0.717, 1.165) is 24.8 Å². The van der Waals surface area contributed by atoms with E-state index in [9.17, 15) is 19.7 Å². The van der Waals surface area contributed by atoms with Gasteiger partial charge in [-0.25, -0.2) is 4.79 Å². The minimum absolute atomic E-state index is 0.00232. The SMILES string of the molecule is COC(=O)c1cc(C(=O)NCc2cccc(OC)c2)cc([N+](=O)[O-])c1. The maximum absolute atomic E-state index is 12.3. The summed E-state index contributed by atoms with van der Waals surface area (Å²) in [7, 11) is 2.69. The van der Waals surface area contributed by atoms with Crippen LogP contribution in [0.4, 0.5) is 5.69 Å². The van der Waals surface area contributed by atoms with E-state index in [0.29, 0.717) is 5.75 Å². The lowest BCUT2D eigenvalue weighted by Gasteiger charge is -2.08. The number of hydrogen-bond donors (Lipinski definition) is 1. The van der Waals surface area contributed by atoms with Crippen LogP contribution in [0.15, 0.2) is 42.5 Å². The molecule has 0 aliphatic heterocycles. The molecule has 0 spiro atoms. The Balaban J connectivity index is 2.21. The summed E-state index contributed by atoms with van der Waals surface area (Å²) in [4.78, 5) is 34.2. The number of non-ortho nitro benzene ring substituents is 1. The molecule has 0 aliphatic carbocycles. The summed E-state index contributed by atoms with van der Waals surface area (Å²) in [6.07, 6.45) is 0. The number of nitrogens with one attached hydrogen (secondary N) is 1. The summed E-state index contributed by atoms with van der Waals surface area (Å²) in [5.41, 5.74) is 0.362. The van der Waals surface area contributed by atoms with Gasteiger partial charge in [0.05, 0.1) is 24.7 Å². The Morgan fingerprint density at radius 2 is 1.84 bits per heavy atom. The Morgan fingerprint density at radius 1 is 1.12 bits per heavy atom. The molecule has 1 amide bonds. The Hall–Kier alpha value is -3.42. The van der Waals surface area contributed by atoms with Crippen molar-refractivity contribution >= 4 is 17.6 Å². The Kier molecular flexibility index (Phi) is 5.67. The van der Waals surface area contributed by atoms with Gasteiger partial charge in [0.1, 0.15) is 5.75 Å². The molecule has 8 heteroatoms. The Bertz CT molecular complexity index is 819. The molecule has 0 heterocycles. The van der Waals surface area contributed by atoms with Crippen molar-refractivity contribution in [1.82, 2.24) is 5.32 Å². The van der Waals surface area contributed by atoms with Gasteiger partial charge in [0, 0.05) is 24.2 Å². The molecule has 0 aromatic heterocycles. The van der Waals surface area contributed by atoms with Gasteiger partial charge < -0.3 is 14.8 Å². The average Bonchev–Trinajstić information content (AvgIpc) is 2.65. The van der Waals surface area contributed by atoms with Gasteiger partial charge in [0.2, 0.25) is 0 Å². The van der Waals surface area contributed by atoms with Crippen molar-refractivity contribution in [2.45, 2.75) is 6.54 Å². The van der Waals surface area contributed by atoms with E-state index in [-0.39, 0.29) is 23.4 Å². The van der Waals surface area contributed by atoms with Crippen LogP contribution >= 0.6 is 0 Å². The summed E-state index contributed by atoms with van der Waals surface area (Å²) in [6, 6.07) is 10.5. The van der Waals surface area contributed by atoms with Crippen LogP contribution in [-0.2, 0) is 11.3 Å². The van der Waals surface area contributed by atoms with Crippen LogP contribution in [0.3, 0.4) is 0 Å². The molecule has 130 valence electrons. The van der Waals surface area contributed by atoms with Crippen LogP contribution in [0.2, 0.25) is 0 Å². The molecule has 0 saturated carbocycles. The molecule has 1 N–H and O–H groups in total. The highest BCUT2D eigenvalue weighted by Crippen LogP contribution is 2.18. The van der Waals surface area contributed by atoms with Crippen LogP contribution in [-0.4, -0.2) is 31.0 Å². The van der Waals surface area contributed by atoms with Gasteiger partial charge in [0.15, 0.2) is 0 Å². The number of ether oxygens (including phenoxy) is 2. The summed E-state index contributed by atoms with van der Waals surface area (Å²) < 4.78 is 9.66. The third kappa shape index (κ3) is 4.54. The van der Waals surface area contributed by atoms with Gasteiger partial charge in [-0.2, -0.15) is 0 Å². The van der Waals surface area contributed by atoms with Gasteiger partial charge in [0.25, 0.3) is 11.6 Å². The number of methoxy groups -OCH3 is 2. The average molecular weight is 344 g/mol. The number of amides is 1. The summed E-state index contributed by atoms with van der Waals surface area (Å²) in [5, 5.41) is 13.6. The van der Waals surface area contributed by atoms with Crippen LogP contribution < -0.4 is 10.1 Å². The number of hydrogen-bond acceptors (Lipinski definition) is 6. The van der Waals surface area contributed by atoms with E-state index in [4.69, 9.17) is 4.74 Å². The highest BCUT2D eigenvalue weighted by atomic mass is 16.6. The van der Waals surface area contributed by atoms with Crippen LogP contribution in [0.1, 0.15) is 26.3 Å². The minimum Gasteiger partial charge on any atom is -0.497 e. The van der Waals surface area contributed by atoms with Crippen molar-refractivity contribution in [3.05, 3.63) is 69.3 Å². The number of nitro benzene ring substituents is 1. The first-order valence-corrected chi connectivity index (χ1v) is 7.23. The fourth-order valence-corrected chi connectivity index (χ4v) is 2.15. The molecule has 0 fully saturated rings. The van der Waals surface area contributed by atoms with E-state index in [2.05, 4.69) is 10.1 Å². The molecule has 0 atom stereocenters. The Morgan fingerprint density at radius 3 is 2.48 bits per heavy atom. The number of esters is 1. The third-order valence-corrected chi connectivity index (χ3v) is 3.40. The fraction of sp³-hybridized carbons (Fsp3) is 0.176. The number of nitrogens with zero attached hydrogens (tertiary/aromatic N) is 1. The van der Waals surface area contributed by atoms with Crippen LogP contribution in [0, 0.1) is 10.1 Å². The number of carbonyl (C=O) groups excluding carboxylic acids is 2. The molecule has 2 aromatic carbocycles. The maximum atomic E-state index is 12.3. The smallest absolute Gasteiger partial charge is 0.338 e. The van der Waals surface area contributed by atoms with Crippen molar-refractivity contribution < 1.29 is 24.0 Å². The zero-order chi connectivity index (χ0) is 18.4. The zero-order valence-electron chi connectivity index (χ0n) is 13.6. The number of nitro groups is 1. The first-order chi connectivity index (χ1) is 11.9. The van der Waals surface area contributed by atoms with Crippen molar-refractivity contribution in [1.29, 1.82) is 0 Å². The fourth-order valence-electron chi connectivity index (χ4n) is 2.15. The van der Waals surface area contributed by atoms with Crippen molar-refractivity contribution in [2.24, 2.45) is 0 Å². The highest BCUT2D eigenvalue weighted by Gasteiger charge is 2.18. The monoisotopic (exact) mass is 344 g/mol. The van der Waals surface area contributed by atoms with Crippen molar-refractivity contribution in [3.8, 4) is 5.75 Å². The molecule has 0 radical (unpaired) electrons. The van der Waals surface area contributed by atoms with Gasteiger partial charge in [-0.1, -0.05) is 12.1 Å². The molecule has 2 rings (SSSR count). The lowest BCUT2D eigenvalue weighted by atomic mass is 10.1. The quantitative estimate of drug-likeness (QED) is 0.489. The number of benzene rings is 2. The lowest BCUT2D eigenvalue weighted by Crippen LogP contribution is -2.23. The van der Waals surface area contributed by atoms with E-state index in [1.807, 2.05) is 0 Å². The molecule has 25 heavy (non-hydrogen) atoms. The molecule has 2 aromatic rings. The first kappa shape index (κ1) is 17.9. The van der Waals surface area contributed by atoms with Gasteiger partial charge in [-0.15, -0.1) is 0 Å². The molecular weight excluding hydrogens is 328 g/mol. The first-order valence-electron chi connectivity index (χ1n) is 7.23. The van der Waals surface area contributed by atoms with Crippen molar-refractivity contribution in [2.75, 3.05) is 14.2 Å². The van der Waals surface area contributed by atoms with Gasteiger partial charge in [-0.05, 0) is 23.8 Å². The predicted octanol–water partition coefficient (Wildman–Crippen LogP) is 2.32. The molecule has 0 aliphatic rings. The minimum atomic E-state index is -0.759. The van der Waals surface area contributed by atoms with E-state index >= 15 is 0 Å². The van der Waals surface area contributed by atoms with Crippen LogP contribution in [0.5, 0.6) is 5.75 Å². The maximum Gasteiger partial charge on any atom is 0.338 e. The second-order valence-corrected chi connectivity index (χ2v) is 5.05. The summed E-state index contributed by atoms with van der Waals surface area (Å²) in [6.45, 7) is 0.201. The molecule has 0 saturated heterocycles. The molecule has 0 bridgehead atoms. The normalized spacial score (nSPS) is 10.0. The Labute approximate surface area is 143 Å². The summed E-state index contributed by atoms with van der Waals surface area (Å²) >= 11 is 0. The van der Waals surface area contributed by atoms with E-state index in [1.54, 1.807) is 24.3 Å². The van der Waals surface area contributed by atoms with E-state index in [1.165, 1.54) is 13.2 Å². The largest absolute Gasteiger partial charge is 0.497 e. The van der Waals surface area contributed by atoms with Gasteiger partial charge >= 0.3 is 5.97 Å². The number of rotatable bonds is 6. The van der Waals surface area contributed by atoms with Gasteiger partial charge in [-0.3, -0.25) is 14.9 Å². The van der Waals surface area contributed by atoms with E-state index < -0.39 is 16.8 Å². The van der Waals surface area contributed by atoms with Crippen LogP contribution in [0.25, 0.3) is 0 Å². The molecular formula is C17H16N2O6. The topological polar surface area (TPSA) is 108 Å². The third-order valence-electron chi connectivity index (χ3n) is 3.40. The standard InChI is InChI=1S/C17H16N2O6/c1-24-15-5-3-4-11(6-15)10-18-16(20)12-7-13(17(21)25-2)9-14(8-12)19(22)23/h3-9H,10H2,1-2H3,(H,18,20). The number of carbonyl (C=O) groups is 2. The molecule has 0 unspecified atom stereocenters.